The molecule has 1 aromatic heterocycles. The van der Waals surface area contributed by atoms with Crippen LogP contribution in [0.1, 0.15) is 11.3 Å². The number of ether oxygens (including phenoxy) is 1. The molecule has 0 fully saturated rings. The number of nitrogens with zero attached hydrogens (tertiary/aromatic N) is 3. The van der Waals surface area contributed by atoms with Gasteiger partial charge in [0.05, 0.1) is 17.6 Å². The molecule has 6 heteroatoms. The van der Waals surface area contributed by atoms with Gasteiger partial charge in [-0.25, -0.2) is 4.68 Å². The van der Waals surface area contributed by atoms with Crippen molar-refractivity contribution in [3.05, 3.63) is 71.0 Å². The summed E-state index contributed by atoms with van der Waals surface area (Å²) in [5.41, 5.74) is 8.25. The van der Waals surface area contributed by atoms with E-state index in [-0.39, 0.29) is 0 Å². The monoisotopic (exact) mass is 314 g/mol. The first-order valence-corrected chi connectivity index (χ1v) is 7.21. The molecular weight excluding hydrogens is 300 g/mol. The van der Waals surface area contributed by atoms with Crippen LogP contribution in [0.4, 0.5) is 0 Å². The van der Waals surface area contributed by atoms with E-state index in [1.54, 1.807) is 4.68 Å². The van der Waals surface area contributed by atoms with Crippen LogP contribution in [-0.4, -0.2) is 15.0 Å². The lowest BCUT2D eigenvalue weighted by atomic mass is 10.2. The Bertz CT molecular complexity index is 738. The highest BCUT2D eigenvalue weighted by molar-refractivity contribution is 6.30. The van der Waals surface area contributed by atoms with E-state index in [9.17, 15) is 0 Å². The molecule has 0 atom stereocenters. The molecule has 2 aromatic carbocycles. The maximum Gasteiger partial charge on any atom is 0.119 e. The van der Waals surface area contributed by atoms with Crippen molar-refractivity contribution in [3.63, 3.8) is 0 Å². The smallest absolute Gasteiger partial charge is 0.119 e. The third-order valence-electron chi connectivity index (χ3n) is 3.17. The average Bonchev–Trinajstić information content (AvgIpc) is 3.04. The zero-order valence-corrected chi connectivity index (χ0v) is 12.6. The second-order valence-corrected chi connectivity index (χ2v) is 5.20. The highest BCUT2D eigenvalue weighted by Gasteiger charge is 2.02. The zero-order chi connectivity index (χ0) is 15.4. The van der Waals surface area contributed by atoms with Crippen molar-refractivity contribution in [2.75, 3.05) is 0 Å². The first-order valence-electron chi connectivity index (χ1n) is 6.83. The number of hydrogen-bond acceptors (Lipinski definition) is 4. The second kappa shape index (κ2) is 6.60. The molecule has 112 valence electrons. The van der Waals surface area contributed by atoms with Crippen LogP contribution < -0.4 is 10.5 Å². The molecule has 0 saturated heterocycles. The lowest BCUT2D eigenvalue weighted by molar-refractivity contribution is 0.306. The summed E-state index contributed by atoms with van der Waals surface area (Å²) in [6.07, 6.45) is 1.81. The third-order valence-corrected chi connectivity index (χ3v) is 3.42. The molecule has 2 N–H and O–H groups in total. The number of rotatable bonds is 5. The summed E-state index contributed by atoms with van der Waals surface area (Å²) >= 11 is 5.85. The molecule has 5 nitrogen and oxygen atoms in total. The van der Waals surface area contributed by atoms with Crippen molar-refractivity contribution >= 4 is 11.6 Å². The van der Waals surface area contributed by atoms with Crippen LogP contribution in [0, 0.1) is 0 Å². The summed E-state index contributed by atoms with van der Waals surface area (Å²) in [6.45, 7) is 0.874. The largest absolute Gasteiger partial charge is 0.489 e. The Kier molecular flexibility index (Phi) is 4.37. The van der Waals surface area contributed by atoms with Gasteiger partial charge >= 0.3 is 0 Å². The molecule has 22 heavy (non-hydrogen) atoms. The fraction of sp³-hybridized carbons (Fsp3) is 0.125. The fourth-order valence-electron chi connectivity index (χ4n) is 1.96. The highest BCUT2D eigenvalue weighted by atomic mass is 35.5. The number of aromatic nitrogens is 3. The van der Waals surface area contributed by atoms with E-state index in [1.165, 1.54) is 0 Å². The van der Waals surface area contributed by atoms with Gasteiger partial charge in [-0.1, -0.05) is 28.9 Å². The van der Waals surface area contributed by atoms with Gasteiger partial charge in [-0.15, -0.1) is 5.10 Å². The van der Waals surface area contributed by atoms with Crippen LogP contribution in [0.2, 0.25) is 5.02 Å². The summed E-state index contributed by atoms with van der Waals surface area (Å²) < 4.78 is 7.43. The van der Waals surface area contributed by atoms with Crippen LogP contribution >= 0.6 is 11.6 Å². The lowest BCUT2D eigenvalue weighted by Gasteiger charge is -2.07. The summed E-state index contributed by atoms with van der Waals surface area (Å²) in [5, 5.41) is 8.70. The normalized spacial score (nSPS) is 10.6. The Morgan fingerprint density at radius 1 is 1.05 bits per heavy atom. The number of nitrogens with two attached hydrogens (primary N) is 1. The predicted octanol–water partition coefficient (Wildman–Crippen LogP) is 2.96. The molecule has 0 saturated carbocycles. The molecule has 0 amide bonds. The number of benzene rings is 2. The molecule has 0 radical (unpaired) electrons. The molecule has 1 heterocycles. The van der Waals surface area contributed by atoms with Crippen LogP contribution in [-0.2, 0) is 13.2 Å². The van der Waals surface area contributed by atoms with E-state index in [2.05, 4.69) is 10.3 Å². The van der Waals surface area contributed by atoms with Crippen molar-refractivity contribution < 1.29 is 4.74 Å². The Labute approximate surface area is 133 Å². The maximum absolute atomic E-state index is 5.85. The minimum Gasteiger partial charge on any atom is -0.489 e. The van der Waals surface area contributed by atoms with Crippen molar-refractivity contribution in [1.82, 2.24) is 15.0 Å². The Morgan fingerprint density at radius 2 is 1.77 bits per heavy atom. The second-order valence-electron chi connectivity index (χ2n) is 4.77. The molecule has 0 aliphatic heterocycles. The molecule has 0 spiro atoms. The predicted molar refractivity (Wildman–Crippen MR) is 85.0 cm³/mol. The molecule has 3 aromatic rings. The van der Waals surface area contributed by atoms with Gasteiger partial charge < -0.3 is 10.5 Å². The molecule has 0 unspecified atom stereocenters. The van der Waals surface area contributed by atoms with Crippen molar-refractivity contribution in [2.24, 2.45) is 5.73 Å². The van der Waals surface area contributed by atoms with Gasteiger partial charge in [-0.3, -0.25) is 0 Å². The zero-order valence-electron chi connectivity index (χ0n) is 11.8. The van der Waals surface area contributed by atoms with E-state index in [4.69, 9.17) is 22.1 Å². The highest BCUT2D eigenvalue weighted by Crippen LogP contribution is 2.17. The minimum absolute atomic E-state index is 0.377. The van der Waals surface area contributed by atoms with Crippen LogP contribution in [0.5, 0.6) is 5.75 Å². The van der Waals surface area contributed by atoms with E-state index in [1.807, 2.05) is 54.7 Å². The SMILES string of the molecule is NCc1cn(-c2ccc(OCc3ccc(Cl)cc3)cc2)nn1. The molecule has 0 bridgehead atoms. The summed E-state index contributed by atoms with van der Waals surface area (Å²) in [5.74, 6) is 0.790. The number of halogens is 1. The summed E-state index contributed by atoms with van der Waals surface area (Å²) in [6, 6.07) is 15.2. The van der Waals surface area contributed by atoms with Gasteiger partial charge in [-0.2, -0.15) is 0 Å². The Morgan fingerprint density at radius 3 is 2.41 bits per heavy atom. The van der Waals surface area contributed by atoms with Crippen molar-refractivity contribution in [2.45, 2.75) is 13.2 Å². The van der Waals surface area contributed by atoms with E-state index in [0.29, 0.717) is 13.2 Å². The first-order chi connectivity index (χ1) is 10.7. The topological polar surface area (TPSA) is 66.0 Å². The third kappa shape index (κ3) is 3.44. The molecule has 0 aliphatic carbocycles. The van der Waals surface area contributed by atoms with Crippen LogP contribution in [0.3, 0.4) is 0 Å². The van der Waals surface area contributed by atoms with Gasteiger partial charge in [0.2, 0.25) is 0 Å². The van der Waals surface area contributed by atoms with Gasteiger partial charge in [0.25, 0.3) is 0 Å². The average molecular weight is 315 g/mol. The van der Waals surface area contributed by atoms with Crippen LogP contribution in [0.25, 0.3) is 5.69 Å². The molecule has 0 aliphatic rings. The van der Waals surface area contributed by atoms with Gasteiger partial charge in [0.1, 0.15) is 12.4 Å². The summed E-state index contributed by atoms with van der Waals surface area (Å²) in [4.78, 5) is 0. The fourth-order valence-corrected chi connectivity index (χ4v) is 2.09. The summed E-state index contributed by atoms with van der Waals surface area (Å²) in [7, 11) is 0. The van der Waals surface area contributed by atoms with E-state index < -0.39 is 0 Å². The maximum atomic E-state index is 5.85. The number of hydrogen-bond donors (Lipinski definition) is 1. The Balaban J connectivity index is 1.65. The van der Waals surface area contributed by atoms with E-state index in [0.717, 1.165) is 27.7 Å². The van der Waals surface area contributed by atoms with E-state index >= 15 is 0 Å². The Hall–Kier alpha value is -2.37. The van der Waals surface area contributed by atoms with Gasteiger partial charge in [0, 0.05) is 11.6 Å². The molecule has 3 rings (SSSR count). The van der Waals surface area contributed by atoms with Gasteiger partial charge in [-0.05, 0) is 42.0 Å². The standard InChI is InChI=1S/C16H15ClN4O/c17-13-3-1-12(2-4-13)11-22-16-7-5-15(6-8-16)21-10-14(9-18)19-20-21/h1-8,10H,9,11,18H2. The van der Waals surface area contributed by atoms with Crippen LogP contribution in [0.15, 0.2) is 54.7 Å². The quantitative estimate of drug-likeness (QED) is 0.786. The van der Waals surface area contributed by atoms with Crippen molar-refractivity contribution in [3.8, 4) is 11.4 Å². The minimum atomic E-state index is 0.377. The van der Waals surface area contributed by atoms with Gasteiger partial charge in [0.15, 0.2) is 0 Å². The lowest BCUT2D eigenvalue weighted by Crippen LogP contribution is -1.97. The first kappa shape index (κ1) is 14.6. The van der Waals surface area contributed by atoms with Crippen molar-refractivity contribution in [1.29, 1.82) is 0 Å². The molecular formula is C16H15ClN4O.